The molecule has 0 aromatic heterocycles. The van der Waals surface area contributed by atoms with Crippen molar-refractivity contribution in [2.75, 3.05) is 13.1 Å². The second-order valence-corrected chi connectivity index (χ2v) is 9.30. The molecule has 3 aliphatic rings. The molecule has 2 saturated carbocycles. The summed E-state index contributed by atoms with van der Waals surface area (Å²) < 4.78 is 0. The molecule has 0 spiro atoms. The number of nitrogens with one attached hydrogen (secondary N) is 1. The Kier molecular flexibility index (Phi) is 5.78. The van der Waals surface area contributed by atoms with Crippen LogP contribution in [0.25, 0.3) is 6.08 Å². The molecule has 1 saturated heterocycles. The van der Waals surface area contributed by atoms with E-state index in [2.05, 4.69) is 5.32 Å². The van der Waals surface area contributed by atoms with E-state index in [0.29, 0.717) is 28.8 Å². The number of benzene rings is 1. The summed E-state index contributed by atoms with van der Waals surface area (Å²) in [7, 11) is 0. The fraction of sp³-hybridized carbons (Fsp3) is 0.476. The van der Waals surface area contributed by atoms with Gasteiger partial charge in [0.1, 0.15) is 0 Å². The average Bonchev–Trinajstić information content (AvgIpc) is 3.35. The van der Waals surface area contributed by atoms with Gasteiger partial charge in [0.15, 0.2) is 0 Å². The third-order valence-electron chi connectivity index (χ3n) is 6.03. The number of carbonyl (C=O) groups excluding carboxylic acids is 3. The molecule has 1 aromatic carbocycles. The molecule has 1 heterocycles. The van der Waals surface area contributed by atoms with Crippen molar-refractivity contribution in [2.45, 2.75) is 32.1 Å². The molecule has 4 rings (SSSR count). The molecular weight excluding hydrogens is 396 g/mol. The Balaban J connectivity index is 1.26. The van der Waals surface area contributed by atoms with E-state index < -0.39 is 0 Å². The number of rotatable bonds is 6. The Hall–Kier alpha value is -1.79. The van der Waals surface area contributed by atoms with Crippen molar-refractivity contribution in [3.05, 3.63) is 39.8 Å². The average molecular weight is 419 g/mol. The summed E-state index contributed by atoms with van der Waals surface area (Å²) >= 11 is 6.79. The van der Waals surface area contributed by atoms with Crippen molar-refractivity contribution in [1.29, 1.82) is 0 Å². The predicted octanol–water partition coefficient (Wildman–Crippen LogP) is 4.32. The summed E-state index contributed by atoms with van der Waals surface area (Å²) in [6.45, 7) is 0.497. The molecule has 3 unspecified atom stereocenters. The van der Waals surface area contributed by atoms with Gasteiger partial charge in [0, 0.05) is 24.5 Å². The third-order valence-corrected chi connectivity index (χ3v) is 7.19. The van der Waals surface area contributed by atoms with E-state index in [-0.39, 0.29) is 23.6 Å². The first-order chi connectivity index (χ1) is 13.5. The fourth-order valence-corrected chi connectivity index (χ4v) is 5.64. The van der Waals surface area contributed by atoms with Gasteiger partial charge < -0.3 is 5.32 Å². The van der Waals surface area contributed by atoms with Crippen LogP contribution in [-0.2, 0) is 9.59 Å². The molecule has 1 aromatic rings. The summed E-state index contributed by atoms with van der Waals surface area (Å²) in [4.78, 5) is 38.5. The third kappa shape index (κ3) is 4.28. The van der Waals surface area contributed by atoms with E-state index in [9.17, 15) is 14.4 Å². The van der Waals surface area contributed by atoms with Crippen LogP contribution in [-0.4, -0.2) is 35.0 Å². The van der Waals surface area contributed by atoms with Gasteiger partial charge in [-0.25, -0.2) is 0 Å². The lowest BCUT2D eigenvalue weighted by atomic mass is 9.86. The van der Waals surface area contributed by atoms with Crippen LogP contribution in [0.2, 0.25) is 5.02 Å². The highest BCUT2D eigenvalue weighted by Gasteiger charge is 2.40. The minimum atomic E-state index is -0.313. The Labute approximate surface area is 173 Å². The lowest BCUT2D eigenvalue weighted by Gasteiger charge is -2.21. The number of nitrogens with zero attached hydrogens (tertiary/aromatic N) is 1. The highest BCUT2D eigenvalue weighted by Crippen LogP contribution is 2.49. The summed E-state index contributed by atoms with van der Waals surface area (Å²) in [6, 6.07) is 7.07. The molecule has 1 N–H and O–H groups in total. The van der Waals surface area contributed by atoms with E-state index >= 15 is 0 Å². The van der Waals surface area contributed by atoms with E-state index in [1.54, 1.807) is 30.3 Å². The zero-order chi connectivity index (χ0) is 19.7. The van der Waals surface area contributed by atoms with Gasteiger partial charge in [0.05, 0.1) is 4.91 Å². The van der Waals surface area contributed by atoms with Crippen LogP contribution in [0.1, 0.15) is 37.7 Å². The Bertz CT molecular complexity index is 823. The molecule has 3 amide bonds. The van der Waals surface area contributed by atoms with Crippen molar-refractivity contribution in [2.24, 2.45) is 17.8 Å². The maximum absolute atomic E-state index is 12.5. The number of imide groups is 1. The topological polar surface area (TPSA) is 66.5 Å². The highest BCUT2D eigenvalue weighted by molar-refractivity contribution is 8.18. The maximum Gasteiger partial charge on any atom is 0.293 e. The lowest BCUT2D eigenvalue weighted by Crippen LogP contribution is -2.38. The number of amides is 3. The van der Waals surface area contributed by atoms with Gasteiger partial charge in [-0.1, -0.05) is 30.2 Å². The molecule has 3 fully saturated rings. The van der Waals surface area contributed by atoms with Crippen LogP contribution in [0.3, 0.4) is 0 Å². The molecule has 7 heteroatoms. The summed E-state index contributed by atoms with van der Waals surface area (Å²) in [5, 5.41) is 3.20. The van der Waals surface area contributed by atoms with Gasteiger partial charge in [-0.3, -0.25) is 19.3 Å². The van der Waals surface area contributed by atoms with Gasteiger partial charge in [0.25, 0.3) is 11.1 Å². The lowest BCUT2D eigenvalue weighted by molar-refractivity contribution is -0.124. The van der Waals surface area contributed by atoms with Crippen molar-refractivity contribution >= 4 is 46.5 Å². The summed E-state index contributed by atoms with van der Waals surface area (Å²) in [6.07, 6.45) is 7.31. The summed E-state index contributed by atoms with van der Waals surface area (Å²) in [5.74, 6) is 1.77. The molecule has 5 nitrogen and oxygen atoms in total. The van der Waals surface area contributed by atoms with Gasteiger partial charge >= 0.3 is 0 Å². The van der Waals surface area contributed by atoms with Crippen LogP contribution in [0.4, 0.5) is 4.79 Å². The van der Waals surface area contributed by atoms with Crippen LogP contribution >= 0.6 is 23.4 Å². The smallest absolute Gasteiger partial charge is 0.293 e. The standard InChI is InChI=1S/C21H23ClN2O3S/c22-17-5-2-13(3-6-17)11-18-20(26)24(21(27)28-18)8-7-23-19(25)12-16-10-14-1-4-15(16)9-14/h2-3,5-6,11,14-16H,1,4,7-10,12H2,(H,23,25). The molecular formula is C21H23ClN2O3S. The van der Waals surface area contributed by atoms with E-state index in [0.717, 1.165) is 29.2 Å². The minimum absolute atomic E-state index is 0.0289. The molecule has 28 heavy (non-hydrogen) atoms. The van der Waals surface area contributed by atoms with E-state index in [4.69, 9.17) is 11.6 Å². The molecule has 1 aliphatic heterocycles. The Morgan fingerprint density at radius 3 is 2.68 bits per heavy atom. The molecule has 2 aliphatic carbocycles. The van der Waals surface area contributed by atoms with Crippen molar-refractivity contribution < 1.29 is 14.4 Å². The van der Waals surface area contributed by atoms with E-state index in [1.807, 2.05) is 0 Å². The summed E-state index contributed by atoms with van der Waals surface area (Å²) in [5.41, 5.74) is 0.814. The number of carbonyl (C=O) groups is 3. The molecule has 3 atom stereocenters. The number of fused-ring (bicyclic) bond motifs is 2. The zero-order valence-corrected chi connectivity index (χ0v) is 17.1. The monoisotopic (exact) mass is 418 g/mol. The van der Waals surface area contributed by atoms with Crippen LogP contribution in [0.15, 0.2) is 29.2 Å². The molecule has 0 radical (unpaired) electrons. The Morgan fingerprint density at radius 1 is 1.21 bits per heavy atom. The first-order valence-corrected chi connectivity index (χ1v) is 11.0. The van der Waals surface area contributed by atoms with E-state index in [1.165, 1.54) is 30.6 Å². The number of hydrogen-bond donors (Lipinski definition) is 1. The SMILES string of the molecule is O=C(CC1CC2CCC1C2)NCCN1C(=O)SC(=Cc2ccc(Cl)cc2)C1=O. The fourth-order valence-electron chi connectivity index (χ4n) is 4.65. The van der Waals surface area contributed by atoms with Crippen molar-refractivity contribution in [1.82, 2.24) is 10.2 Å². The van der Waals surface area contributed by atoms with Gasteiger partial charge in [-0.05, 0) is 72.6 Å². The van der Waals surface area contributed by atoms with Crippen molar-refractivity contribution in [3.8, 4) is 0 Å². The predicted molar refractivity (Wildman–Crippen MR) is 111 cm³/mol. The Morgan fingerprint density at radius 2 is 2.00 bits per heavy atom. The van der Waals surface area contributed by atoms with Gasteiger partial charge in [-0.2, -0.15) is 0 Å². The first kappa shape index (κ1) is 19.5. The number of thioether (sulfide) groups is 1. The quantitative estimate of drug-likeness (QED) is 0.698. The highest BCUT2D eigenvalue weighted by atomic mass is 35.5. The maximum atomic E-state index is 12.5. The minimum Gasteiger partial charge on any atom is -0.354 e. The molecule has 2 bridgehead atoms. The van der Waals surface area contributed by atoms with Crippen LogP contribution in [0.5, 0.6) is 0 Å². The normalized spacial score (nSPS) is 27.8. The second-order valence-electron chi connectivity index (χ2n) is 7.87. The number of hydrogen-bond acceptors (Lipinski definition) is 4. The van der Waals surface area contributed by atoms with Crippen molar-refractivity contribution in [3.63, 3.8) is 0 Å². The largest absolute Gasteiger partial charge is 0.354 e. The first-order valence-electron chi connectivity index (χ1n) is 9.77. The van der Waals surface area contributed by atoms with Gasteiger partial charge in [0.2, 0.25) is 5.91 Å². The van der Waals surface area contributed by atoms with Gasteiger partial charge in [-0.15, -0.1) is 0 Å². The molecule has 148 valence electrons. The second kappa shape index (κ2) is 8.29. The number of halogens is 1. The van der Waals surface area contributed by atoms with Crippen LogP contribution < -0.4 is 5.32 Å². The van der Waals surface area contributed by atoms with Crippen LogP contribution in [0, 0.1) is 17.8 Å². The zero-order valence-electron chi connectivity index (χ0n) is 15.5.